The molecule has 0 aliphatic carbocycles. The summed E-state index contributed by atoms with van der Waals surface area (Å²) in [6.45, 7) is 0. The van der Waals surface area contributed by atoms with Crippen molar-refractivity contribution in [2.75, 3.05) is 0 Å². The zero-order valence-electron chi connectivity index (χ0n) is 12.9. The molecule has 3 aromatic rings. The van der Waals surface area contributed by atoms with Gasteiger partial charge in [-0.1, -0.05) is 47.5 Å². The Morgan fingerprint density at radius 3 is 2.28 bits per heavy atom. The van der Waals surface area contributed by atoms with Crippen molar-refractivity contribution in [3.05, 3.63) is 93.2 Å². The Balaban J connectivity index is 2.13. The van der Waals surface area contributed by atoms with Gasteiger partial charge in [0.05, 0.1) is 21.7 Å². The van der Waals surface area contributed by atoms with Crippen LogP contribution < -0.4 is 0 Å². The maximum atomic E-state index is 13.2. The maximum Gasteiger partial charge on any atom is 0.123 e. The van der Waals surface area contributed by atoms with Gasteiger partial charge in [-0.05, 0) is 58.7 Å². The van der Waals surface area contributed by atoms with E-state index < -0.39 is 6.10 Å². The van der Waals surface area contributed by atoms with Crippen LogP contribution in [-0.4, -0.2) is 5.11 Å². The first-order chi connectivity index (χ1) is 12.0. The van der Waals surface area contributed by atoms with Gasteiger partial charge in [0.15, 0.2) is 0 Å². The average Bonchev–Trinajstić information content (AvgIpc) is 2.63. The van der Waals surface area contributed by atoms with Gasteiger partial charge in [-0.15, -0.1) is 0 Å². The molecule has 5 heteroatoms. The Labute approximate surface area is 154 Å². The number of hydrogen-bond acceptors (Lipinski definition) is 2. The summed E-state index contributed by atoms with van der Waals surface area (Å²) >= 11 is 12.0. The molecule has 0 aliphatic rings. The molecule has 124 valence electrons. The van der Waals surface area contributed by atoms with Gasteiger partial charge < -0.3 is 5.11 Å². The number of hydrogen-bond donors (Lipinski definition) is 1. The molecule has 0 heterocycles. The van der Waals surface area contributed by atoms with Crippen LogP contribution >= 0.6 is 23.2 Å². The molecule has 1 unspecified atom stereocenters. The monoisotopic (exact) mass is 371 g/mol. The van der Waals surface area contributed by atoms with Crippen LogP contribution in [0.3, 0.4) is 0 Å². The minimum absolute atomic E-state index is 0.343. The van der Waals surface area contributed by atoms with E-state index in [1.54, 1.807) is 48.5 Å². The van der Waals surface area contributed by atoms with Crippen molar-refractivity contribution in [1.82, 2.24) is 0 Å². The Morgan fingerprint density at radius 1 is 0.920 bits per heavy atom. The first-order valence-electron chi connectivity index (χ1n) is 7.42. The Morgan fingerprint density at radius 2 is 1.64 bits per heavy atom. The summed E-state index contributed by atoms with van der Waals surface area (Å²) in [4.78, 5) is 0. The third kappa shape index (κ3) is 3.67. The van der Waals surface area contributed by atoms with Crippen molar-refractivity contribution in [1.29, 1.82) is 5.26 Å². The summed E-state index contributed by atoms with van der Waals surface area (Å²) in [6, 6.07) is 17.8. The van der Waals surface area contributed by atoms with E-state index in [0.29, 0.717) is 37.9 Å². The van der Waals surface area contributed by atoms with Crippen LogP contribution in [0.25, 0.3) is 11.1 Å². The number of benzene rings is 3. The van der Waals surface area contributed by atoms with Crippen molar-refractivity contribution >= 4 is 23.2 Å². The van der Waals surface area contributed by atoms with Crippen LogP contribution in [0.5, 0.6) is 0 Å². The smallest absolute Gasteiger partial charge is 0.123 e. The lowest BCUT2D eigenvalue weighted by atomic mass is 9.91. The molecular weight excluding hydrogens is 360 g/mol. The van der Waals surface area contributed by atoms with E-state index in [1.165, 1.54) is 12.1 Å². The van der Waals surface area contributed by atoms with E-state index in [2.05, 4.69) is 6.07 Å². The summed E-state index contributed by atoms with van der Waals surface area (Å²) in [5.41, 5.74) is 2.96. The SMILES string of the molecule is N#Cc1ccc(C(O)c2ccc(Cl)c(Cl)c2)c(-c2ccc(F)cc2)c1. The Bertz CT molecular complexity index is 964. The topological polar surface area (TPSA) is 44.0 Å². The highest BCUT2D eigenvalue weighted by Crippen LogP contribution is 2.35. The zero-order chi connectivity index (χ0) is 18.0. The molecule has 0 aromatic heterocycles. The van der Waals surface area contributed by atoms with Crippen molar-refractivity contribution in [2.24, 2.45) is 0 Å². The minimum atomic E-state index is -0.970. The zero-order valence-corrected chi connectivity index (χ0v) is 14.4. The van der Waals surface area contributed by atoms with Crippen LogP contribution in [0.1, 0.15) is 22.8 Å². The highest BCUT2D eigenvalue weighted by atomic mass is 35.5. The van der Waals surface area contributed by atoms with Crippen LogP contribution in [0.15, 0.2) is 60.7 Å². The fraction of sp³-hybridized carbons (Fsp3) is 0.0500. The normalized spacial score (nSPS) is 11.8. The summed E-state index contributed by atoms with van der Waals surface area (Å²) < 4.78 is 13.2. The van der Waals surface area contributed by atoms with E-state index >= 15 is 0 Å². The largest absolute Gasteiger partial charge is 0.384 e. The van der Waals surface area contributed by atoms with Crippen molar-refractivity contribution in [2.45, 2.75) is 6.10 Å². The second kappa shape index (κ2) is 7.25. The molecular formula is C20H12Cl2FNO. The quantitative estimate of drug-likeness (QED) is 0.636. The van der Waals surface area contributed by atoms with Gasteiger partial charge in [0.25, 0.3) is 0 Å². The van der Waals surface area contributed by atoms with Gasteiger partial charge >= 0.3 is 0 Å². The molecule has 0 bridgehead atoms. The lowest BCUT2D eigenvalue weighted by Crippen LogP contribution is -2.02. The summed E-state index contributed by atoms with van der Waals surface area (Å²) in [6.07, 6.45) is -0.970. The van der Waals surface area contributed by atoms with Gasteiger partial charge in [-0.2, -0.15) is 5.26 Å². The molecule has 0 aliphatic heterocycles. The molecule has 1 N–H and O–H groups in total. The third-order valence-electron chi connectivity index (χ3n) is 3.89. The van der Waals surface area contributed by atoms with E-state index in [9.17, 15) is 9.50 Å². The molecule has 0 amide bonds. The summed E-state index contributed by atoms with van der Waals surface area (Å²) in [5, 5.41) is 20.7. The van der Waals surface area contributed by atoms with Crippen LogP contribution in [0.2, 0.25) is 10.0 Å². The van der Waals surface area contributed by atoms with Gasteiger partial charge in [0.2, 0.25) is 0 Å². The van der Waals surface area contributed by atoms with E-state index in [1.807, 2.05) is 0 Å². The lowest BCUT2D eigenvalue weighted by molar-refractivity contribution is 0.221. The molecule has 0 spiro atoms. The second-order valence-electron chi connectivity index (χ2n) is 5.50. The molecule has 1 atom stereocenters. The van der Waals surface area contributed by atoms with Crippen molar-refractivity contribution in [3.8, 4) is 17.2 Å². The highest BCUT2D eigenvalue weighted by Gasteiger charge is 2.17. The molecule has 2 nitrogen and oxygen atoms in total. The molecule has 25 heavy (non-hydrogen) atoms. The number of aliphatic hydroxyl groups is 1. The molecule has 0 radical (unpaired) electrons. The van der Waals surface area contributed by atoms with E-state index in [0.717, 1.165) is 0 Å². The lowest BCUT2D eigenvalue weighted by Gasteiger charge is -2.17. The van der Waals surface area contributed by atoms with Gasteiger partial charge in [0.1, 0.15) is 11.9 Å². The average molecular weight is 372 g/mol. The van der Waals surface area contributed by atoms with E-state index in [-0.39, 0.29) is 5.82 Å². The second-order valence-corrected chi connectivity index (χ2v) is 6.31. The van der Waals surface area contributed by atoms with Crippen molar-refractivity contribution < 1.29 is 9.50 Å². The van der Waals surface area contributed by atoms with Crippen molar-refractivity contribution in [3.63, 3.8) is 0 Å². The number of nitriles is 1. The van der Waals surface area contributed by atoms with Crippen LogP contribution in [0, 0.1) is 17.1 Å². The number of aliphatic hydroxyl groups excluding tert-OH is 1. The first kappa shape index (κ1) is 17.4. The predicted octanol–water partition coefficient (Wildman–Crippen LogP) is 5.75. The number of rotatable bonds is 3. The molecule has 3 aromatic carbocycles. The van der Waals surface area contributed by atoms with Crippen LogP contribution in [0.4, 0.5) is 4.39 Å². The molecule has 0 saturated carbocycles. The molecule has 0 fully saturated rings. The summed E-state index contributed by atoms with van der Waals surface area (Å²) in [5.74, 6) is -0.355. The van der Waals surface area contributed by atoms with E-state index in [4.69, 9.17) is 28.5 Å². The van der Waals surface area contributed by atoms with Gasteiger partial charge in [-0.3, -0.25) is 0 Å². The predicted molar refractivity (Wildman–Crippen MR) is 97.1 cm³/mol. The van der Waals surface area contributed by atoms with Gasteiger partial charge in [0, 0.05) is 0 Å². The minimum Gasteiger partial charge on any atom is -0.384 e. The molecule has 3 rings (SSSR count). The Kier molecular flexibility index (Phi) is 5.06. The number of nitrogens with zero attached hydrogens (tertiary/aromatic N) is 1. The summed E-state index contributed by atoms with van der Waals surface area (Å²) in [7, 11) is 0. The van der Waals surface area contributed by atoms with Gasteiger partial charge in [-0.25, -0.2) is 4.39 Å². The fourth-order valence-electron chi connectivity index (χ4n) is 2.61. The molecule has 0 saturated heterocycles. The standard InChI is InChI=1S/C20H12Cl2FNO/c21-18-8-4-14(10-19(18)22)20(25)16-7-1-12(11-24)9-17(16)13-2-5-15(23)6-3-13/h1-10,20,25H. The maximum absolute atomic E-state index is 13.2. The number of halogens is 3. The van der Waals surface area contributed by atoms with Crippen LogP contribution in [-0.2, 0) is 0 Å². The first-order valence-corrected chi connectivity index (χ1v) is 8.18. The fourth-order valence-corrected chi connectivity index (χ4v) is 2.91. The highest BCUT2D eigenvalue weighted by molar-refractivity contribution is 6.42. The third-order valence-corrected chi connectivity index (χ3v) is 4.63. The Hall–Kier alpha value is -2.38.